The lowest BCUT2D eigenvalue weighted by Crippen LogP contribution is -2.55. The summed E-state index contributed by atoms with van der Waals surface area (Å²) in [6.45, 7) is 14.2. The molecular weight excluding hydrogens is 554 g/mol. The van der Waals surface area contributed by atoms with Crippen molar-refractivity contribution in [2.75, 3.05) is 12.3 Å². The Morgan fingerprint density at radius 2 is 1.40 bits per heavy atom. The van der Waals surface area contributed by atoms with Crippen molar-refractivity contribution in [3.05, 3.63) is 71.3 Å². The molecule has 2 N–H and O–H groups in total. The molecule has 0 aliphatic carbocycles. The number of esters is 1. The number of hydrogen-bond acceptors (Lipinski definition) is 7. The standard InChI is InChI=1S/C32H45N3O6S/c1-9-35(28(37)25(20-42)34-30(39)41-32(6,7)8)26(23-17-15-21(2)16-18-23)27(36)33-24(29(38)40-31(3,4)5)19-22-13-11-10-12-14-22/h10-18,24-26,42H,9,19-20H2,1-8H3,(H,33,36)(H,34,39). The van der Waals surface area contributed by atoms with Crippen LogP contribution < -0.4 is 10.6 Å². The summed E-state index contributed by atoms with van der Waals surface area (Å²) in [6, 6.07) is 13.4. The number of nitrogens with zero attached hydrogens (tertiary/aromatic N) is 1. The zero-order chi connectivity index (χ0) is 31.7. The zero-order valence-corrected chi connectivity index (χ0v) is 26.8. The van der Waals surface area contributed by atoms with E-state index in [4.69, 9.17) is 9.47 Å². The molecule has 0 radical (unpaired) electrons. The Morgan fingerprint density at radius 3 is 1.90 bits per heavy atom. The Balaban J connectivity index is 2.46. The molecule has 0 fully saturated rings. The maximum atomic E-state index is 14.1. The molecule has 0 heterocycles. The van der Waals surface area contributed by atoms with Crippen molar-refractivity contribution >= 4 is 36.5 Å². The molecule has 9 nitrogen and oxygen atoms in total. The van der Waals surface area contributed by atoms with Crippen molar-refractivity contribution < 1.29 is 28.7 Å². The minimum Gasteiger partial charge on any atom is -0.458 e. The zero-order valence-electron chi connectivity index (χ0n) is 25.9. The molecule has 0 aliphatic heterocycles. The Kier molecular flexibility index (Phi) is 12.5. The van der Waals surface area contributed by atoms with Crippen molar-refractivity contribution in [1.82, 2.24) is 15.5 Å². The fourth-order valence-electron chi connectivity index (χ4n) is 4.19. The summed E-state index contributed by atoms with van der Waals surface area (Å²) in [5, 5.41) is 5.44. The molecule has 3 unspecified atom stereocenters. The largest absolute Gasteiger partial charge is 0.458 e. The first kappa shape index (κ1) is 34.7. The van der Waals surface area contributed by atoms with E-state index in [1.54, 1.807) is 60.6 Å². The van der Waals surface area contributed by atoms with Gasteiger partial charge in [-0.2, -0.15) is 12.6 Å². The van der Waals surface area contributed by atoms with Crippen LogP contribution in [0.4, 0.5) is 4.79 Å². The highest BCUT2D eigenvalue weighted by Gasteiger charge is 2.37. The van der Waals surface area contributed by atoms with Gasteiger partial charge in [0, 0.05) is 18.7 Å². The number of carbonyl (C=O) groups is 4. The molecule has 2 aromatic carbocycles. The SMILES string of the molecule is CCN(C(=O)C(CS)NC(=O)OC(C)(C)C)C(C(=O)NC(Cc1ccccc1)C(=O)OC(C)(C)C)c1ccc(C)cc1. The molecule has 42 heavy (non-hydrogen) atoms. The highest BCUT2D eigenvalue weighted by molar-refractivity contribution is 7.80. The number of amides is 3. The van der Waals surface area contributed by atoms with Gasteiger partial charge in [-0.3, -0.25) is 9.59 Å². The van der Waals surface area contributed by atoms with Crippen LogP contribution in [0.2, 0.25) is 0 Å². The van der Waals surface area contributed by atoms with Gasteiger partial charge in [0.05, 0.1) is 0 Å². The van der Waals surface area contributed by atoms with E-state index in [1.165, 1.54) is 4.90 Å². The normalized spacial score (nSPS) is 13.7. The summed E-state index contributed by atoms with van der Waals surface area (Å²) in [5.41, 5.74) is 0.819. The smallest absolute Gasteiger partial charge is 0.408 e. The molecule has 0 saturated heterocycles. The van der Waals surface area contributed by atoms with Crippen molar-refractivity contribution in [1.29, 1.82) is 0 Å². The first-order valence-electron chi connectivity index (χ1n) is 14.1. The lowest BCUT2D eigenvalue weighted by molar-refractivity contribution is -0.159. The van der Waals surface area contributed by atoms with Crippen molar-refractivity contribution in [3.63, 3.8) is 0 Å². The van der Waals surface area contributed by atoms with Crippen LogP contribution in [0, 0.1) is 6.92 Å². The Labute approximate surface area is 255 Å². The number of thiol groups is 1. The van der Waals surface area contributed by atoms with Crippen molar-refractivity contribution in [2.45, 2.75) is 91.1 Å². The molecule has 0 spiro atoms. The number of alkyl carbamates (subject to hydrolysis) is 1. The average Bonchev–Trinajstić information content (AvgIpc) is 2.88. The Bertz CT molecular complexity index is 1210. The van der Waals surface area contributed by atoms with Crippen LogP contribution in [-0.2, 0) is 30.3 Å². The third-order valence-electron chi connectivity index (χ3n) is 6.04. The quantitative estimate of drug-likeness (QED) is 0.253. The van der Waals surface area contributed by atoms with E-state index in [0.717, 1.165) is 11.1 Å². The van der Waals surface area contributed by atoms with Crippen molar-refractivity contribution in [2.24, 2.45) is 0 Å². The topological polar surface area (TPSA) is 114 Å². The number of ether oxygens (including phenoxy) is 2. The molecule has 0 bridgehead atoms. The summed E-state index contributed by atoms with van der Waals surface area (Å²) in [5.74, 6) is -1.69. The predicted octanol–water partition coefficient (Wildman–Crippen LogP) is 4.78. The molecule has 3 amide bonds. The lowest BCUT2D eigenvalue weighted by Gasteiger charge is -2.34. The highest BCUT2D eigenvalue weighted by Crippen LogP contribution is 2.24. The number of aryl methyl sites for hydroxylation is 1. The van der Waals surface area contributed by atoms with E-state index in [9.17, 15) is 19.2 Å². The molecule has 10 heteroatoms. The summed E-state index contributed by atoms with van der Waals surface area (Å²) in [7, 11) is 0. The van der Waals surface area contributed by atoms with Crippen LogP contribution in [0.15, 0.2) is 54.6 Å². The second-order valence-corrected chi connectivity index (χ2v) is 12.5. The number of rotatable bonds is 11. The summed E-state index contributed by atoms with van der Waals surface area (Å²) < 4.78 is 11.0. The van der Waals surface area contributed by atoms with E-state index < -0.39 is 53.2 Å². The molecule has 230 valence electrons. The van der Waals surface area contributed by atoms with Gasteiger partial charge in [-0.1, -0.05) is 60.2 Å². The van der Waals surface area contributed by atoms with Crippen LogP contribution in [-0.4, -0.2) is 64.4 Å². The minimum absolute atomic E-state index is 0.0225. The van der Waals surface area contributed by atoms with Crippen LogP contribution in [0.5, 0.6) is 0 Å². The van der Waals surface area contributed by atoms with Crippen LogP contribution in [0.25, 0.3) is 0 Å². The summed E-state index contributed by atoms with van der Waals surface area (Å²) in [6.07, 6.45) is -0.572. The maximum absolute atomic E-state index is 14.1. The molecule has 2 rings (SSSR count). The fourth-order valence-corrected chi connectivity index (χ4v) is 4.44. The summed E-state index contributed by atoms with van der Waals surface area (Å²) >= 11 is 4.29. The monoisotopic (exact) mass is 599 g/mol. The van der Waals surface area contributed by atoms with E-state index >= 15 is 0 Å². The molecule has 2 aromatic rings. The lowest BCUT2D eigenvalue weighted by atomic mass is 10.00. The number of benzene rings is 2. The van der Waals surface area contributed by atoms with Crippen LogP contribution in [0.1, 0.15) is 71.2 Å². The van der Waals surface area contributed by atoms with Crippen molar-refractivity contribution in [3.8, 4) is 0 Å². The van der Waals surface area contributed by atoms with Gasteiger partial charge >= 0.3 is 12.1 Å². The average molecular weight is 600 g/mol. The molecule has 0 saturated carbocycles. The second kappa shape index (κ2) is 15.1. The van der Waals surface area contributed by atoms with Gasteiger partial charge in [0.2, 0.25) is 11.8 Å². The first-order chi connectivity index (χ1) is 19.5. The molecule has 3 atom stereocenters. The van der Waals surface area contributed by atoms with Crippen LogP contribution in [0.3, 0.4) is 0 Å². The Morgan fingerprint density at radius 1 is 0.833 bits per heavy atom. The van der Waals surface area contributed by atoms with Crippen LogP contribution >= 0.6 is 12.6 Å². The van der Waals surface area contributed by atoms with Gasteiger partial charge in [0.25, 0.3) is 0 Å². The fraction of sp³-hybridized carbons (Fsp3) is 0.500. The second-order valence-electron chi connectivity index (χ2n) is 12.1. The van der Waals surface area contributed by atoms with Gasteiger partial charge in [-0.05, 0) is 66.5 Å². The highest BCUT2D eigenvalue weighted by atomic mass is 32.1. The van der Waals surface area contributed by atoms with Gasteiger partial charge in [-0.15, -0.1) is 0 Å². The Hall–Kier alpha value is -3.53. The number of likely N-dealkylation sites (N-methyl/N-ethyl adjacent to an activating group) is 1. The van der Waals surface area contributed by atoms with E-state index in [0.29, 0.717) is 5.56 Å². The number of nitrogens with one attached hydrogen (secondary N) is 2. The van der Waals surface area contributed by atoms with Gasteiger partial charge in [0.1, 0.15) is 29.3 Å². The molecule has 0 aromatic heterocycles. The number of hydrogen-bond donors (Lipinski definition) is 3. The molecule has 0 aliphatic rings. The van der Waals surface area contributed by atoms with Gasteiger partial charge in [-0.25, -0.2) is 9.59 Å². The third kappa shape index (κ3) is 11.0. The third-order valence-corrected chi connectivity index (χ3v) is 6.40. The summed E-state index contributed by atoms with van der Waals surface area (Å²) in [4.78, 5) is 55.0. The van der Waals surface area contributed by atoms with E-state index in [2.05, 4.69) is 23.3 Å². The van der Waals surface area contributed by atoms with Gasteiger partial charge in [0.15, 0.2) is 0 Å². The van der Waals surface area contributed by atoms with Gasteiger partial charge < -0.3 is 25.0 Å². The minimum atomic E-state index is -1.10. The molecular formula is C32H45N3O6S. The first-order valence-corrected chi connectivity index (χ1v) is 14.7. The predicted molar refractivity (Wildman–Crippen MR) is 166 cm³/mol. The maximum Gasteiger partial charge on any atom is 0.408 e. The van der Waals surface area contributed by atoms with E-state index in [-0.39, 0.29) is 18.7 Å². The van der Waals surface area contributed by atoms with E-state index in [1.807, 2.05) is 49.4 Å². The number of carbonyl (C=O) groups excluding carboxylic acids is 4.